The third kappa shape index (κ3) is 5.75. The summed E-state index contributed by atoms with van der Waals surface area (Å²) in [7, 11) is -1.96. The Labute approximate surface area is 239 Å². The van der Waals surface area contributed by atoms with Gasteiger partial charge < -0.3 is 24.0 Å². The summed E-state index contributed by atoms with van der Waals surface area (Å²) < 4.78 is 26.7. The van der Waals surface area contributed by atoms with Gasteiger partial charge in [0.2, 0.25) is 0 Å². The van der Waals surface area contributed by atoms with Crippen molar-refractivity contribution in [3.63, 3.8) is 0 Å². The number of nitrogens with zero attached hydrogens (tertiary/aromatic N) is 3. The number of benzene rings is 2. The smallest absolute Gasteiger partial charge is 0.360 e. The summed E-state index contributed by atoms with van der Waals surface area (Å²) in [6.45, 7) is 5.82. The maximum atomic E-state index is 14.5. The molecule has 1 spiro atoms. The second-order valence-electron chi connectivity index (χ2n) is 11.3. The van der Waals surface area contributed by atoms with Gasteiger partial charge in [0, 0.05) is 48.6 Å². The van der Waals surface area contributed by atoms with Crippen LogP contribution in [0.5, 0.6) is 0 Å². The quantitative estimate of drug-likeness (QED) is 0.212. The van der Waals surface area contributed by atoms with Crippen molar-refractivity contribution in [2.24, 2.45) is 5.41 Å². The number of nitro groups is 1. The lowest BCUT2D eigenvalue weighted by Gasteiger charge is -2.48. The van der Waals surface area contributed by atoms with E-state index >= 15 is 0 Å². The molecule has 0 aromatic heterocycles. The maximum absolute atomic E-state index is 14.5. The van der Waals surface area contributed by atoms with E-state index in [1.165, 1.54) is 18.2 Å². The third-order valence-corrected chi connectivity index (χ3v) is 10.7. The third-order valence-electron chi connectivity index (χ3n) is 8.57. The van der Waals surface area contributed by atoms with Crippen LogP contribution in [-0.4, -0.2) is 59.1 Å². The highest BCUT2D eigenvalue weighted by Gasteiger charge is 2.52. The zero-order chi connectivity index (χ0) is 29.4. The van der Waals surface area contributed by atoms with Crippen LogP contribution in [0.15, 0.2) is 76.9 Å². The molecule has 2 aromatic rings. The molecule has 2 fully saturated rings. The Morgan fingerprint density at radius 3 is 2.39 bits per heavy atom. The first-order valence-electron chi connectivity index (χ1n) is 13.8. The Balaban J connectivity index is 1.55. The van der Waals surface area contributed by atoms with Crippen molar-refractivity contribution in [1.82, 2.24) is 9.80 Å². The van der Waals surface area contributed by atoms with Crippen LogP contribution in [0.4, 0.5) is 5.69 Å². The molecule has 2 heterocycles. The number of non-ortho nitro benzene ring substituents is 1. The van der Waals surface area contributed by atoms with Crippen LogP contribution < -0.4 is 0 Å². The largest absolute Gasteiger partial charge is 0.478 e. The van der Waals surface area contributed by atoms with E-state index in [4.69, 9.17) is 9.05 Å². The number of allylic oxidation sites excluding steroid dienone is 3. The first kappa shape index (κ1) is 29.2. The number of carbonyl (C=O) groups is 1. The van der Waals surface area contributed by atoms with Crippen LogP contribution in [0.2, 0.25) is 0 Å². The lowest BCUT2D eigenvalue weighted by molar-refractivity contribution is -0.384. The normalized spacial score (nSPS) is 21.8. The standard InChI is InChI=1S/C30H36N3O7P/c1-21-26(29(34)35)27(24-11-7-12-25(17-24)33(36)37)28(41(38)39-19-30(20-40-41)13-8-14-30)22(2)32(21)16-15-31(3)18-23-9-5-4-6-10-23/h4-7,9-12,17,27H,8,13-16,18-20H2,1-3H3,(H,34,35). The number of rotatable bonds is 9. The van der Waals surface area contributed by atoms with Crippen LogP contribution in [0, 0.1) is 15.5 Å². The number of hydrogen-bond acceptors (Lipinski definition) is 8. The maximum Gasteiger partial charge on any atom is 0.360 e. The van der Waals surface area contributed by atoms with E-state index in [0.29, 0.717) is 36.6 Å². The molecule has 2 aliphatic heterocycles. The molecule has 0 bridgehead atoms. The van der Waals surface area contributed by atoms with Gasteiger partial charge in [-0.15, -0.1) is 0 Å². The van der Waals surface area contributed by atoms with Gasteiger partial charge in [-0.25, -0.2) is 4.79 Å². The molecule has 0 radical (unpaired) electrons. The van der Waals surface area contributed by atoms with E-state index in [1.54, 1.807) is 19.9 Å². The molecule has 0 amide bonds. The minimum absolute atomic E-state index is 0.00293. The van der Waals surface area contributed by atoms with Crippen molar-refractivity contribution < 1.29 is 28.4 Å². The van der Waals surface area contributed by atoms with Crippen molar-refractivity contribution in [1.29, 1.82) is 0 Å². The van der Waals surface area contributed by atoms with Crippen molar-refractivity contribution in [2.45, 2.75) is 45.6 Å². The highest BCUT2D eigenvalue weighted by molar-refractivity contribution is 7.58. The summed E-state index contributed by atoms with van der Waals surface area (Å²) in [5.41, 5.74) is 2.26. The molecule has 10 nitrogen and oxygen atoms in total. The van der Waals surface area contributed by atoms with E-state index in [2.05, 4.69) is 17.0 Å². The Hall–Kier alpha value is -3.30. The molecule has 1 saturated heterocycles. The van der Waals surface area contributed by atoms with Crippen LogP contribution in [-0.2, 0) is 25.0 Å². The fourth-order valence-electron chi connectivity index (χ4n) is 6.07. The van der Waals surface area contributed by atoms with Gasteiger partial charge in [0.05, 0.1) is 34.9 Å². The molecule has 1 unspecified atom stereocenters. The average molecular weight is 582 g/mol. The minimum Gasteiger partial charge on any atom is -0.478 e. The SMILES string of the molecule is CC1=C(C(=O)O)C(c2cccc([N+](=O)[O-])c2)C(P2(=O)OCC3(CCC3)CO2)=C(C)N1CCN(C)Cc1ccccc1. The van der Waals surface area contributed by atoms with Gasteiger partial charge in [-0.2, -0.15) is 0 Å². The molecule has 3 aliphatic rings. The van der Waals surface area contributed by atoms with E-state index in [9.17, 15) is 24.6 Å². The second kappa shape index (κ2) is 11.5. The summed E-state index contributed by atoms with van der Waals surface area (Å²) in [4.78, 5) is 28.0. The first-order valence-corrected chi connectivity index (χ1v) is 15.4. The molecule has 41 heavy (non-hydrogen) atoms. The van der Waals surface area contributed by atoms with Gasteiger partial charge >= 0.3 is 13.6 Å². The van der Waals surface area contributed by atoms with Gasteiger partial charge in [-0.3, -0.25) is 14.7 Å². The topological polar surface area (TPSA) is 122 Å². The zero-order valence-corrected chi connectivity index (χ0v) is 24.5. The van der Waals surface area contributed by atoms with E-state index in [0.717, 1.165) is 24.8 Å². The Morgan fingerprint density at radius 1 is 1.12 bits per heavy atom. The van der Waals surface area contributed by atoms with E-state index < -0.39 is 24.4 Å². The average Bonchev–Trinajstić information content (AvgIpc) is 2.92. The second-order valence-corrected chi connectivity index (χ2v) is 13.3. The van der Waals surface area contributed by atoms with Gasteiger partial charge in [0.15, 0.2) is 0 Å². The molecular formula is C30H36N3O7P. The van der Waals surface area contributed by atoms with Gasteiger partial charge in [0.25, 0.3) is 5.69 Å². The lowest BCUT2D eigenvalue weighted by atomic mass is 9.70. The Bertz CT molecular complexity index is 1440. The van der Waals surface area contributed by atoms with Crippen molar-refractivity contribution in [2.75, 3.05) is 33.4 Å². The van der Waals surface area contributed by atoms with Gasteiger partial charge in [-0.1, -0.05) is 48.9 Å². The minimum atomic E-state index is -3.95. The fraction of sp³-hybridized carbons (Fsp3) is 0.433. The predicted molar refractivity (Wildman–Crippen MR) is 154 cm³/mol. The van der Waals surface area contributed by atoms with Crippen LogP contribution in [0.25, 0.3) is 0 Å². The van der Waals surface area contributed by atoms with E-state index in [-0.39, 0.29) is 35.2 Å². The Morgan fingerprint density at radius 2 is 1.80 bits per heavy atom. The summed E-state index contributed by atoms with van der Waals surface area (Å²) in [6, 6.07) is 15.9. The molecule has 1 atom stereocenters. The first-order chi connectivity index (χ1) is 19.5. The number of carboxylic acids is 1. The lowest BCUT2D eigenvalue weighted by Crippen LogP contribution is -2.42. The molecule has 11 heteroatoms. The molecule has 5 rings (SSSR count). The summed E-state index contributed by atoms with van der Waals surface area (Å²) >= 11 is 0. The molecule has 2 aromatic carbocycles. The number of carboxylic acid groups (broad SMARTS) is 1. The fourth-order valence-corrected chi connectivity index (χ4v) is 8.43. The van der Waals surface area contributed by atoms with Gasteiger partial charge in [0.1, 0.15) is 0 Å². The highest BCUT2D eigenvalue weighted by atomic mass is 31.2. The molecule has 1 saturated carbocycles. The van der Waals surface area contributed by atoms with Crippen LogP contribution in [0.1, 0.15) is 50.2 Å². The predicted octanol–water partition coefficient (Wildman–Crippen LogP) is 6.13. The van der Waals surface area contributed by atoms with E-state index in [1.807, 2.05) is 30.1 Å². The number of hydrogen-bond donors (Lipinski definition) is 1. The van der Waals surface area contributed by atoms with Crippen molar-refractivity contribution in [3.05, 3.63) is 98.1 Å². The van der Waals surface area contributed by atoms with Crippen LogP contribution >= 0.6 is 7.60 Å². The van der Waals surface area contributed by atoms with Crippen molar-refractivity contribution >= 4 is 19.3 Å². The Kier molecular flexibility index (Phi) is 8.21. The molecular weight excluding hydrogens is 545 g/mol. The summed E-state index contributed by atoms with van der Waals surface area (Å²) in [6.07, 6.45) is 2.92. The monoisotopic (exact) mass is 581 g/mol. The number of aliphatic carboxylic acids is 1. The summed E-state index contributed by atoms with van der Waals surface area (Å²) in [5, 5.41) is 22.4. The van der Waals surface area contributed by atoms with Crippen LogP contribution in [0.3, 0.4) is 0 Å². The summed E-state index contributed by atoms with van der Waals surface area (Å²) in [5.74, 6) is -2.22. The zero-order valence-electron chi connectivity index (χ0n) is 23.6. The molecule has 1 N–H and O–H groups in total. The highest BCUT2D eigenvalue weighted by Crippen LogP contribution is 2.68. The molecule has 1 aliphatic carbocycles. The number of nitro benzene ring substituents is 1. The van der Waals surface area contributed by atoms with Gasteiger partial charge in [-0.05, 0) is 44.9 Å². The number of likely N-dealkylation sites (N-methyl/N-ethyl adjacent to an activating group) is 1. The van der Waals surface area contributed by atoms with Crippen molar-refractivity contribution in [3.8, 4) is 0 Å². The molecule has 218 valence electrons.